The van der Waals surface area contributed by atoms with Gasteiger partial charge in [0.05, 0.1) is 23.9 Å². The van der Waals surface area contributed by atoms with Crippen LogP contribution in [0.25, 0.3) is 17.2 Å². The lowest BCUT2D eigenvalue weighted by Crippen LogP contribution is -2.28. The number of carbonyl (C=O) groups excluding carboxylic acids is 1. The predicted octanol–water partition coefficient (Wildman–Crippen LogP) is 7.01. The Hall–Kier alpha value is -4.42. The van der Waals surface area contributed by atoms with Crippen LogP contribution < -0.4 is 0 Å². The Balaban J connectivity index is 1.34. The van der Waals surface area contributed by atoms with E-state index in [1.807, 2.05) is 85.0 Å². The fourth-order valence-electron chi connectivity index (χ4n) is 3.64. The third kappa shape index (κ3) is 5.79. The predicted molar refractivity (Wildman–Crippen MR) is 147 cm³/mol. The lowest BCUT2D eigenvalue weighted by molar-refractivity contribution is -0.122. The molecule has 1 saturated heterocycles. The summed E-state index contributed by atoms with van der Waals surface area (Å²) in [5.41, 5.74) is 4.29. The average molecular weight is 490 g/mol. The van der Waals surface area contributed by atoms with Gasteiger partial charge in [-0.25, -0.2) is 0 Å². The quantitative estimate of drug-likeness (QED) is 0.159. The Morgan fingerprint density at radius 2 is 1.53 bits per heavy atom. The van der Waals surface area contributed by atoms with Crippen molar-refractivity contribution >= 4 is 35.1 Å². The molecule has 0 atom stereocenters. The van der Waals surface area contributed by atoms with Crippen molar-refractivity contribution in [3.05, 3.63) is 137 Å². The molecule has 0 bridgehead atoms. The molecule has 1 aliphatic rings. The summed E-state index contributed by atoms with van der Waals surface area (Å²) in [4.78, 5) is 15.3. The summed E-state index contributed by atoms with van der Waals surface area (Å²) < 4.78 is 5.46. The van der Waals surface area contributed by atoms with Crippen molar-refractivity contribution in [2.45, 2.75) is 6.54 Å². The van der Waals surface area contributed by atoms with E-state index in [-0.39, 0.29) is 5.91 Å². The van der Waals surface area contributed by atoms with Crippen LogP contribution >= 0.6 is 11.8 Å². The molecular formula is C30H23N3O2S. The minimum atomic E-state index is -0.129. The zero-order chi connectivity index (χ0) is 24.6. The lowest BCUT2D eigenvalue weighted by atomic mass is 10.0. The Morgan fingerprint density at radius 1 is 0.806 bits per heavy atom. The van der Waals surface area contributed by atoms with Crippen molar-refractivity contribution in [3.63, 3.8) is 0 Å². The highest BCUT2D eigenvalue weighted by molar-refractivity contribution is 8.18. The Bertz CT molecular complexity index is 1420. The van der Waals surface area contributed by atoms with Crippen LogP contribution in [-0.2, 0) is 11.3 Å². The van der Waals surface area contributed by atoms with E-state index in [9.17, 15) is 4.79 Å². The van der Waals surface area contributed by atoms with Gasteiger partial charge in [-0.05, 0) is 52.2 Å². The number of allylic oxidation sites excluding steroid dienone is 2. The maximum absolute atomic E-state index is 13.1. The van der Waals surface area contributed by atoms with Crippen LogP contribution in [0.15, 0.2) is 135 Å². The van der Waals surface area contributed by atoms with Gasteiger partial charge < -0.3 is 4.42 Å². The number of furan rings is 1. The second-order valence-corrected chi connectivity index (χ2v) is 9.00. The van der Waals surface area contributed by atoms with Crippen molar-refractivity contribution in [2.75, 3.05) is 0 Å². The maximum Gasteiger partial charge on any atom is 0.267 e. The van der Waals surface area contributed by atoms with Gasteiger partial charge in [0.25, 0.3) is 5.91 Å². The van der Waals surface area contributed by atoms with Crippen molar-refractivity contribution in [1.29, 1.82) is 0 Å². The molecule has 0 saturated carbocycles. The summed E-state index contributed by atoms with van der Waals surface area (Å²) in [6, 6.07) is 31.9. The van der Waals surface area contributed by atoms with Gasteiger partial charge in [-0.2, -0.15) is 5.10 Å². The number of benzene rings is 3. The second-order valence-electron chi connectivity index (χ2n) is 7.99. The first-order valence-electron chi connectivity index (χ1n) is 11.5. The normalized spacial score (nSPS) is 16.2. The average Bonchev–Trinajstić information content (AvgIpc) is 3.55. The molecular weight excluding hydrogens is 466 g/mol. The summed E-state index contributed by atoms with van der Waals surface area (Å²) in [5, 5.41) is 9.16. The van der Waals surface area contributed by atoms with Gasteiger partial charge in [-0.15, -0.1) is 5.10 Å². The molecule has 0 N–H and O–H groups in total. The molecule has 0 unspecified atom stereocenters. The number of hydrogen-bond donors (Lipinski definition) is 0. The molecule has 1 fully saturated rings. The monoisotopic (exact) mass is 489 g/mol. The number of thioether (sulfide) groups is 1. The van der Waals surface area contributed by atoms with E-state index in [1.54, 1.807) is 23.4 Å². The molecule has 0 aliphatic carbocycles. The number of carbonyl (C=O) groups is 1. The van der Waals surface area contributed by atoms with E-state index >= 15 is 0 Å². The van der Waals surface area contributed by atoms with Crippen LogP contribution in [0, 0.1) is 0 Å². The molecule has 6 heteroatoms. The summed E-state index contributed by atoms with van der Waals surface area (Å²) >= 11 is 1.30. The van der Waals surface area contributed by atoms with Gasteiger partial charge in [0, 0.05) is 0 Å². The first-order valence-corrected chi connectivity index (χ1v) is 12.3. The standard InChI is InChI=1S/C30H23N3O2S/c34-29-28(15-7-11-23-9-3-1-4-10-23)36-30(33(29)22-27-14-8-20-35-27)32-31-21-24-16-18-26(19-17-24)25-12-5-2-6-13-25/h1-21H,22H2/b11-7+,28-15-,31-21-,32-30+. The van der Waals surface area contributed by atoms with Crippen LogP contribution in [0.4, 0.5) is 0 Å². The minimum absolute atomic E-state index is 0.129. The number of amidine groups is 1. The number of hydrogen-bond acceptors (Lipinski definition) is 5. The van der Waals surface area contributed by atoms with E-state index in [0.29, 0.717) is 22.4 Å². The molecule has 5 rings (SSSR count). The smallest absolute Gasteiger partial charge is 0.267 e. The second kappa shape index (κ2) is 11.3. The summed E-state index contributed by atoms with van der Waals surface area (Å²) in [7, 11) is 0. The first-order chi connectivity index (χ1) is 17.8. The van der Waals surface area contributed by atoms with E-state index in [1.165, 1.54) is 11.8 Å². The molecule has 1 aromatic heterocycles. The highest BCUT2D eigenvalue weighted by Crippen LogP contribution is 2.32. The van der Waals surface area contributed by atoms with Crippen molar-refractivity contribution in [2.24, 2.45) is 10.2 Å². The van der Waals surface area contributed by atoms with Gasteiger partial charge in [0.1, 0.15) is 5.76 Å². The Labute approximate surface area is 214 Å². The van der Waals surface area contributed by atoms with Gasteiger partial charge in [-0.3, -0.25) is 9.69 Å². The fraction of sp³-hybridized carbons (Fsp3) is 0.0333. The highest BCUT2D eigenvalue weighted by Gasteiger charge is 2.33. The number of rotatable bonds is 7. The third-order valence-corrected chi connectivity index (χ3v) is 6.50. The number of amides is 1. The van der Waals surface area contributed by atoms with Gasteiger partial charge in [-0.1, -0.05) is 97.1 Å². The first kappa shape index (κ1) is 23.3. The van der Waals surface area contributed by atoms with Gasteiger partial charge >= 0.3 is 0 Å². The van der Waals surface area contributed by atoms with E-state index in [2.05, 4.69) is 34.5 Å². The summed E-state index contributed by atoms with van der Waals surface area (Å²) in [6.07, 6.45) is 8.93. The largest absolute Gasteiger partial charge is 0.467 e. The van der Waals surface area contributed by atoms with Crippen LogP contribution in [0.5, 0.6) is 0 Å². The van der Waals surface area contributed by atoms with E-state index in [4.69, 9.17) is 4.42 Å². The van der Waals surface area contributed by atoms with E-state index < -0.39 is 0 Å². The molecule has 2 heterocycles. The molecule has 0 radical (unpaired) electrons. The van der Waals surface area contributed by atoms with Crippen LogP contribution in [0.3, 0.4) is 0 Å². The topological polar surface area (TPSA) is 58.2 Å². The molecule has 0 spiro atoms. The molecule has 4 aromatic rings. The molecule has 36 heavy (non-hydrogen) atoms. The highest BCUT2D eigenvalue weighted by atomic mass is 32.2. The zero-order valence-electron chi connectivity index (χ0n) is 19.4. The Kier molecular flexibility index (Phi) is 7.35. The lowest BCUT2D eigenvalue weighted by Gasteiger charge is -2.12. The molecule has 5 nitrogen and oxygen atoms in total. The van der Waals surface area contributed by atoms with Crippen LogP contribution in [-0.4, -0.2) is 22.2 Å². The minimum Gasteiger partial charge on any atom is -0.467 e. The molecule has 1 aliphatic heterocycles. The SMILES string of the molecule is O=C1/C(=C/C=C/c2ccccc2)S/C(=N/N=C\c2ccc(-c3ccccc3)cc2)N1Cc1ccco1. The van der Waals surface area contributed by atoms with Crippen molar-refractivity contribution < 1.29 is 9.21 Å². The van der Waals surface area contributed by atoms with Crippen LogP contribution in [0.1, 0.15) is 16.9 Å². The summed E-state index contributed by atoms with van der Waals surface area (Å²) in [6.45, 7) is 0.290. The van der Waals surface area contributed by atoms with E-state index in [0.717, 1.165) is 22.3 Å². The third-order valence-electron chi connectivity index (χ3n) is 5.49. The number of nitrogens with zero attached hydrogens (tertiary/aromatic N) is 3. The van der Waals surface area contributed by atoms with Gasteiger partial charge in [0.15, 0.2) is 5.17 Å². The molecule has 176 valence electrons. The maximum atomic E-state index is 13.1. The van der Waals surface area contributed by atoms with Gasteiger partial charge in [0.2, 0.25) is 0 Å². The molecule has 3 aromatic carbocycles. The summed E-state index contributed by atoms with van der Waals surface area (Å²) in [5.74, 6) is 0.550. The fourth-order valence-corrected chi connectivity index (χ4v) is 4.53. The van der Waals surface area contributed by atoms with Crippen molar-refractivity contribution in [1.82, 2.24) is 4.90 Å². The Morgan fingerprint density at radius 3 is 2.25 bits per heavy atom. The van der Waals surface area contributed by atoms with Crippen LogP contribution in [0.2, 0.25) is 0 Å². The molecule has 1 amide bonds. The van der Waals surface area contributed by atoms with Crippen molar-refractivity contribution in [3.8, 4) is 11.1 Å². The zero-order valence-corrected chi connectivity index (χ0v) is 20.2.